The van der Waals surface area contributed by atoms with Gasteiger partial charge >= 0.3 is 0 Å². The van der Waals surface area contributed by atoms with E-state index < -0.39 is 11.7 Å². The molecule has 0 bridgehead atoms. The first-order valence-corrected chi connectivity index (χ1v) is 6.54. The lowest BCUT2D eigenvalue weighted by Crippen LogP contribution is -2.08. The molecular formula is C12H14FN3OS. The molecule has 0 fully saturated rings. The Kier molecular flexibility index (Phi) is 3.47. The molecule has 0 radical (unpaired) electrons. The third-order valence-corrected chi connectivity index (χ3v) is 3.80. The van der Waals surface area contributed by atoms with Gasteiger partial charge in [0, 0.05) is 6.54 Å². The number of primary amides is 1. The molecule has 0 saturated carbocycles. The van der Waals surface area contributed by atoms with Crippen LogP contribution in [0.25, 0.3) is 10.6 Å². The Morgan fingerprint density at radius 1 is 1.50 bits per heavy atom. The van der Waals surface area contributed by atoms with Gasteiger partial charge in [-0.2, -0.15) is 5.10 Å². The minimum Gasteiger partial charge on any atom is -0.365 e. The molecule has 0 saturated heterocycles. The van der Waals surface area contributed by atoms with E-state index in [1.807, 2.05) is 19.9 Å². The molecule has 0 aliphatic carbocycles. The zero-order chi connectivity index (χ0) is 13.3. The number of amides is 1. The highest BCUT2D eigenvalue weighted by Crippen LogP contribution is 2.32. The highest BCUT2D eigenvalue weighted by Gasteiger charge is 2.18. The smallest absolute Gasteiger partial charge is 0.258 e. The summed E-state index contributed by atoms with van der Waals surface area (Å²) in [5.74, 6) is -1.03. The van der Waals surface area contributed by atoms with Gasteiger partial charge in [0.15, 0.2) is 0 Å². The molecule has 0 aliphatic rings. The number of hydrogen-bond acceptors (Lipinski definition) is 3. The van der Waals surface area contributed by atoms with E-state index in [-0.39, 0.29) is 4.88 Å². The number of hydrogen-bond donors (Lipinski definition) is 1. The van der Waals surface area contributed by atoms with Crippen LogP contribution < -0.4 is 5.73 Å². The maximum Gasteiger partial charge on any atom is 0.258 e. The SMILES string of the molecule is CCc1cc(-c2sc(C(N)=O)cc2F)n(CC)n1. The summed E-state index contributed by atoms with van der Waals surface area (Å²) in [7, 11) is 0. The first-order valence-electron chi connectivity index (χ1n) is 5.73. The van der Waals surface area contributed by atoms with E-state index in [0.717, 1.165) is 23.5 Å². The van der Waals surface area contributed by atoms with Crippen LogP contribution in [0.15, 0.2) is 12.1 Å². The lowest BCUT2D eigenvalue weighted by Gasteiger charge is -2.01. The van der Waals surface area contributed by atoms with E-state index in [1.165, 1.54) is 6.07 Å². The van der Waals surface area contributed by atoms with Crippen molar-refractivity contribution in [2.45, 2.75) is 26.8 Å². The van der Waals surface area contributed by atoms with Crippen LogP contribution in [0.5, 0.6) is 0 Å². The topological polar surface area (TPSA) is 60.9 Å². The zero-order valence-corrected chi connectivity index (χ0v) is 11.1. The molecule has 2 aromatic rings. The number of aryl methyl sites for hydroxylation is 2. The largest absolute Gasteiger partial charge is 0.365 e. The van der Waals surface area contributed by atoms with Crippen LogP contribution in [-0.2, 0) is 13.0 Å². The Hall–Kier alpha value is -1.69. The van der Waals surface area contributed by atoms with Crippen LogP contribution in [0.1, 0.15) is 29.2 Å². The van der Waals surface area contributed by atoms with E-state index in [9.17, 15) is 9.18 Å². The van der Waals surface area contributed by atoms with E-state index in [2.05, 4.69) is 5.10 Å². The summed E-state index contributed by atoms with van der Waals surface area (Å²) >= 11 is 1.06. The van der Waals surface area contributed by atoms with Crippen molar-refractivity contribution in [3.63, 3.8) is 0 Å². The molecule has 0 unspecified atom stereocenters. The maximum atomic E-state index is 13.8. The number of nitrogens with two attached hydrogens (primary N) is 1. The number of rotatable bonds is 4. The van der Waals surface area contributed by atoms with E-state index in [1.54, 1.807) is 4.68 Å². The van der Waals surface area contributed by atoms with Crippen LogP contribution in [0.3, 0.4) is 0 Å². The van der Waals surface area contributed by atoms with Gasteiger partial charge in [-0.05, 0) is 25.5 Å². The quantitative estimate of drug-likeness (QED) is 0.924. The highest BCUT2D eigenvalue weighted by atomic mass is 32.1. The average Bonchev–Trinajstić information content (AvgIpc) is 2.91. The molecule has 96 valence electrons. The summed E-state index contributed by atoms with van der Waals surface area (Å²) in [4.78, 5) is 11.7. The third-order valence-electron chi connectivity index (χ3n) is 2.65. The van der Waals surface area contributed by atoms with Gasteiger partial charge < -0.3 is 5.73 Å². The number of nitrogens with zero attached hydrogens (tertiary/aromatic N) is 2. The number of aromatic nitrogens is 2. The van der Waals surface area contributed by atoms with Crippen molar-refractivity contribution < 1.29 is 9.18 Å². The van der Waals surface area contributed by atoms with E-state index >= 15 is 0 Å². The number of halogens is 1. The molecule has 0 aromatic carbocycles. The van der Waals surface area contributed by atoms with E-state index in [4.69, 9.17) is 5.73 Å². The summed E-state index contributed by atoms with van der Waals surface area (Å²) in [5, 5.41) is 4.36. The molecule has 2 rings (SSSR count). The second-order valence-electron chi connectivity index (χ2n) is 3.84. The Morgan fingerprint density at radius 2 is 2.22 bits per heavy atom. The molecular weight excluding hydrogens is 253 g/mol. The maximum absolute atomic E-state index is 13.8. The van der Waals surface area contributed by atoms with Crippen molar-refractivity contribution in [2.24, 2.45) is 5.73 Å². The van der Waals surface area contributed by atoms with Gasteiger partial charge in [0.1, 0.15) is 5.82 Å². The molecule has 0 aliphatic heterocycles. The standard InChI is InChI=1S/C12H14FN3OS/c1-3-7-5-9(16(4-2)15-7)11-8(13)6-10(18-11)12(14)17/h5-6H,3-4H2,1-2H3,(H2,14,17). The molecule has 2 heterocycles. The monoisotopic (exact) mass is 267 g/mol. The average molecular weight is 267 g/mol. The Morgan fingerprint density at radius 3 is 2.72 bits per heavy atom. The molecule has 18 heavy (non-hydrogen) atoms. The van der Waals surface area contributed by atoms with E-state index in [0.29, 0.717) is 17.1 Å². The van der Waals surface area contributed by atoms with Gasteiger partial charge in [0.2, 0.25) is 0 Å². The van der Waals surface area contributed by atoms with Gasteiger partial charge in [-0.1, -0.05) is 6.92 Å². The van der Waals surface area contributed by atoms with Crippen LogP contribution >= 0.6 is 11.3 Å². The van der Waals surface area contributed by atoms with Gasteiger partial charge in [-0.25, -0.2) is 4.39 Å². The Balaban J connectivity index is 2.53. The molecule has 1 amide bonds. The fourth-order valence-corrected chi connectivity index (χ4v) is 2.64. The molecule has 0 spiro atoms. The lowest BCUT2D eigenvalue weighted by atomic mass is 10.2. The predicted octanol–water partition coefficient (Wildman–Crippen LogP) is 2.43. The second-order valence-corrected chi connectivity index (χ2v) is 4.89. The van der Waals surface area contributed by atoms with Crippen molar-refractivity contribution >= 4 is 17.2 Å². The van der Waals surface area contributed by atoms with Crippen LogP contribution in [0.4, 0.5) is 4.39 Å². The fraction of sp³-hybridized carbons (Fsp3) is 0.333. The number of thiophene rings is 1. The normalized spacial score (nSPS) is 10.8. The molecule has 2 aromatic heterocycles. The fourth-order valence-electron chi connectivity index (χ4n) is 1.73. The highest BCUT2D eigenvalue weighted by molar-refractivity contribution is 7.17. The summed E-state index contributed by atoms with van der Waals surface area (Å²) in [6.07, 6.45) is 0.787. The molecule has 0 atom stereocenters. The van der Waals surface area contributed by atoms with Gasteiger partial charge in [-0.15, -0.1) is 11.3 Å². The van der Waals surface area contributed by atoms with Gasteiger partial charge in [0.05, 0.1) is 21.1 Å². The summed E-state index contributed by atoms with van der Waals surface area (Å²) in [5.41, 5.74) is 6.76. The van der Waals surface area contributed by atoms with Crippen molar-refractivity contribution in [1.82, 2.24) is 9.78 Å². The number of carbonyl (C=O) groups excluding carboxylic acids is 1. The summed E-state index contributed by atoms with van der Waals surface area (Å²) in [6, 6.07) is 3.03. The minimum atomic E-state index is -0.608. The number of carbonyl (C=O) groups is 1. The van der Waals surface area contributed by atoms with Crippen molar-refractivity contribution in [3.8, 4) is 10.6 Å². The summed E-state index contributed by atoms with van der Waals surface area (Å²) < 4.78 is 15.6. The van der Waals surface area contributed by atoms with Crippen molar-refractivity contribution in [1.29, 1.82) is 0 Å². The Bertz CT molecular complexity index is 588. The zero-order valence-electron chi connectivity index (χ0n) is 10.2. The Labute approximate surface area is 108 Å². The van der Waals surface area contributed by atoms with Gasteiger partial charge in [-0.3, -0.25) is 9.48 Å². The minimum absolute atomic E-state index is 0.226. The molecule has 4 nitrogen and oxygen atoms in total. The summed E-state index contributed by atoms with van der Waals surface area (Å²) in [6.45, 7) is 4.58. The van der Waals surface area contributed by atoms with Gasteiger partial charge in [0.25, 0.3) is 5.91 Å². The van der Waals surface area contributed by atoms with Crippen LogP contribution in [0, 0.1) is 5.82 Å². The van der Waals surface area contributed by atoms with Crippen molar-refractivity contribution in [2.75, 3.05) is 0 Å². The van der Waals surface area contributed by atoms with Crippen LogP contribution in [0.2, 0.25) is 0 Å². The van der Waals surface area contributed by atoms with Crippen molar-refractivity contribution in [3.05, 3.63) is 28.5 Å². The molecule has 2 N–H and O–H groups in total. The predicted molar refractivity (Wildman–Crippen MR) is 69.1 cm³/mol. The first kappa shape index (κ1) is 12.8. The first-order chi connectivity index (χ1) is 8.56. The van der Waals surface area contributed by atoms with Crippen LogP contribution in [-0.4, -0.2) is 15.7 Å². The lowest BCUT2D eigenvalue weighted by molar-refractivity contribution is 0.100. The third kappa shape index (κ3) is 2.15. The molecule has 6 heteroatoms. The second kappa shape index (κ2) is 4.89.